The Balaban J connectivity index is 1.45. The molecule has 3 atom stereocenters. The van der Waals surface area contributed by atoms with E-state index in [0.29, 0.717) is 23.2 Å². The van der Waals surface area contributed by atoms with Gasteiger partial charge in [0.2, 0.25) is 17.6 Å². The highest BCUT2D eigenvalue weighted by atomic mass is 19.4. The lowest BCUT2D eigenvalue weighted by atomic mass is 9.82. The van der Waals surface area contributed by atoms with Crippen LogP contribution in [0.1, 0.15) is 66.8 Å². The molecule has 42 heavy (non-hydrogen) atoms. The molecule has 2 fully saturated rings. The summed E-state index contributed by atoms with van der Waals surface area (Å²) >= 11 is 0. The van der Waals surface area contributed by atoms with Crippen LogP contribution in [0, 0.1) is 5.92 Å². The van der Waals surface area contributed by atoms with Gasteiger partial charge >= 0.3 is 12.2 Å². The average molecular weight is 600 g/mol. The number of oxazole rings is 1. The molecule has 0 radical (unpaired) electrons. The molecule has 0 spiro atoms. The summed E-state index contributed by atoms with van der Waals surface area (Å²) in [5.41, 5.74) is 1.07. The number of urea groups is 1. The quantitative estimate of drug-likeness (QED) is 0.350. The van der Waals surface area contributed by atoms with Crippen LogP contribution in [-0.4, -0.2) is 75.0 Å². The molecule has 228 valence electrons. The number of rotatable bonds is 9. The minimum atomic E-state index is -4.61. The minimum absolute atomic E-state index is 0.0468. The molecule has 2 N–H and O–H groups in total. The summed E-state index contributed by atoms with van der Waals surface area (Å²) in [6, 6.07) is 0.104. The number of carbonyl (C=O) groups excluding carboxylic acids is 2. The van der Waals surface area contributed by atoms with Crippen LogP contribution in [0.2, 0.25) is 0 Å². The predicted octanol–water partition coefficient (Wildman–Crippen LogP) is 4.38. The van der Waals surface area contributed by atoms with Crippen molar-refractivity contribution in [2.24, 2.45) is 5.92 Å². The Labute approximate surface area is 236 Å². The summed E-state index contributed by atoms with van der Waals surface area (Å²) < 4.78 is 80.4. The van der Waals surface area contributed by atoms with Crippen molar-refractivity contribution in [3.8, 4) is 0 Å². The molecular formula is C26H30F5N7O4. The number of aryl methyl sites for hydroxylation is 1. The molecule has 2 aliphatic rings. The molecule has 0 bridgehead atoms. The zero-order valence-electron chi connectivity index (χ0n) is 22.8. The van der Waals surface area contributed by atoms with E-state index in [1.54, 1.807) is 25.1 Å². The maximum atomic E-state index is 14.0. The first-order valence-electron chi connectivity index (χ1n) is 13.5. The van der Waals surface area contributed by atoms with E-state index >= 15 is 0 Å². The van der Waals surface area contributed by atoms with Gasteiger partial charge in [0.05, 0.1) is 19.2 Å². The van der Waals surface area contributed by atoms with Gasteiger partial charge in [-0.3, -0.25) is 4.79 Å². The van der Waals surface area contributed by atoms with Gasteiger partial charge in [0.15, 0.2) is 5.58 Å². The van der Waals surface area contributed by atoms with E-state index in [2.05, 4.69) is 20.4 Å². The monoisotopic (exact) mass is 599 g/mol. The van der Waals surface area contributed by atoms with Gasteiger partial charge in [0, 0.05) is 26.5 Å². The van der Waals surface area contributed by atoms with Crippen LogP contribution in [0.5, 0.6) is 0 Å². The molecule has 3 heterocycles. The molecule has 1 saturated heterocycles. The minimum Gasteiger partial charge on any atom is -0.438 e. The molecule has 1 aliphatic carbocycles. The number of hydrogen-bond acceptors (Lipinski definition) is 7. The first-order valence-corrected chi connectivity index (χ1v) is 13.5. The molecular weight excluding hydrogens is 569 g/mol. The highest BCUT2D eigenvalue weighted by Gasteiger charge is 2.48. The van der Waals surface area contributed by atoms with Gasteiger partial charge in [-0.25, -0.2) is 28.2 Å². The summed E-state index contributed by atoms with van der Waals surface area (Å²) in [6.07, 6.45) is -3.85. The van der Waals surface area contributed by atoms with Crippen molar-refractivity contribution >= 4 is 23.0 Å². The van der Waals surface area contributed by atoms with Crippen molar-refractivity contribution in [1.29, 1.82) is 0 Å². The molecule has 1 aromatic carbocycles. The van der Waals surface area contributed by atoms with Gasteiger partial charge < -0.3 is 24.7 Å². The third kappa shape index (κ3) is 6.03. The van der Waals surface area contributed by atoms with E-state index < -0.39 is 54.6 Å². The van der Waals surface area contributed by atoms with Crippen LogP contribution < -0.4 is 10.6 Å². The average Bonchev–Trinajstić information content (AvgIpc) is 3.68. The van der Waals surface area contributed by atoms with Crippen molar-refractivity contribution in [2.45, 2.75) is 69.4 Å². The van der Waals surface area contributed by atoms with E-state index in [0.717, 1.165) is 4.90 Å². The Kier molecular flexibility index (Phi) is 8.09. The molecule has 1 aliphatic heterocycles. The van der Waals surface area contributed by atoms with E-state index in [1.807, 2.05) is 5.32 Å². The van der Waals surface area contributed by atoms with E-state index in [1.165, 1.54) is 18.1 Å². The highest BCUT2D eigenvalue weighted by Crippen LogP contribution is 2.42. The van der Waals surface area contributed by atoms with Crippen LogP contribution in [0.15, 0.2) is 28.9 Å². The second kappa shape index (κ2) is 11.5. The number of methoxy groups -OCH3 is 1. The summed E-state index contributed by atoms with van der Waals surface area (Å²) in [5.74, 6) is -3.64. The SMILES string of the molecule is CCn1ncnc1C(=O)NC(c1nc2cc(C(COC)N3CC(C(F)(F)F)NC3=O)ccc2o1)C1CCC(F)(F)CC1. The molecule has 3 unspecified atom stereocenters. The molecule has 3 aromatic rings. The van der Waals surface area contributed by atoms with Crippen LogP contribution in [0.25, 0.3) is 11.1 Å². The topological polar surface area (TPSA) is 127 Å². The number of benzene rings is 1. The Hall–Kier alpha value is -3.82. The largest absolute Gasteiger partial charge is 0.438 e. The summed E-state index contributed by atoms with van der Waals surface area (Å²) in [4.78, 5) is 35.2. The summed E-state index contributed by atoms with van der Waals surface area (Å²) in [7, 11) is 1.37. The van der Waals surface area contributed by atoms with Crippen molar-refractivity contribution in [2.75, 3.05) is 20.3 Å². The Morgan fingerprint density at radius 3 is 2.67 bits per heavy atom. The number of amides is 3. The van der Waals surface area contributed by atoms with Crippen molar-refractivity contribution in [3.63, 3.8) is 0 Å². The van der Waals surface area contributed by atoms with Crippen LogP contribution in [0.4, 0.5) is 26.7 Å². The predicted molar refractivity (Wildman–Crippen MR) is 137 cm³/mol. The third-order valence-corrected chi connectivity index (χ3v) is 7.75. The van der Waals surface area contributed by atoms with Crippen LogP contribution in [0.3, 0.4) is 0 Å². The van der Waals surface area contributed by atoms with Gasteiger partial charge in [0.25, 0.3) is 5.91 Å². The lowest BCUT2D eigenvalue weighted by molar-refractivity contribution is -0.150. The maximum absolute atomic E-state index is 14.0. The molecule has 3 amide bonds. The number of halogens is 5. The lowest BCUT2D eigenvalue weighted by Gasteiger charge is -2.32. The first kappa shape index (κ1) is 29.7. The Morgan fingerprint density at radius 2 is 2.02 bits per heavy atom. The van der Waals surface area contributed by atoms with Gasteiger partial charge in [-0.1, -0.05) is 6.07 Å². The van der Waals surface area contributed by atoms with E-state index in [9.17, 15) is 31.5 Å². The number of hydrogen-bond donors (Lipinski definition) is 2. The fourth-order valence-electron chi connectivity index (χ4n) is 5.49. The molecule has 5 rings (SSSR count). The van der Waals surface area contributed by atoms with Crippen molar-refractivity contribution in [1.82, 2.24) is 35.3 Å². The Morgan fingerprint density at radius 1 is 1.29 bits per heavy atom. The summed E-state index contributed by atoms with van der Waals surface area (Å²) in [5, 5.41) is 8.80. The number of nitrogens with one attached hydrogen (secondary N) is 2. The van der Waals surface area contributed by atoms with E-state index in [-0.39, 0.29) is 44.0 Å². The Bertz CT molecular complexity index is 1430. The van der Waals surface area contributed by atoms with Gasteiger partial charge in [-0.05, 0) is 43.4 Å². The number of alkyl halides is 5. The first-order chi connectivity index (χ1) is 19.9. The van der Waals surface area contributed by atoms with Crippen molar-refractivity contribution in [3.05, 3.63) is 41.8 Å². The third-order valence-electron chi connectivity index (χ3n) is 7.75. The fraction of sp³-hybridized carbons (Fsp3) is 0.577. The molecule has 16 heteroatoms. The normalized spacial score (nSPS) is 21.0. The fourth-order valence-corrected chi connectivity index (χ4v) is 5.49. The molecule has 2 aromatic heterocycles. The second-order valence-corrected chi connectivity index (χ2v) is 10.5. The van der Waals surface area contributed by atoms with Crippen molar-refractivity contribution < 1.29 is 40.7 Å². The smallest absolute Gasteiger partial charge is 0.410 e. The number of aromatic nitrogens is 4. The number of nitrogens with zero attached hydrogens (tertiary/aromatic N) is 5. The zero-order chi connectivity index (χ0) is 30.2. The highest BCUT2D eigenvalue weighted by molar-refractivity contribution is 5.90. The molecule has 1 saturated carbocycles. The number of fused-ring (bicyclic) bond motifs is 1. The number of ether oxygens (including phenoxy) is 1. The standard InChI is InChI=1S/C26H30F5N7O4/c1-3-38-21(32-13-33-38)22(39)36-20(14-6-8-25(27,28)9-7-14)23-34-16-10-15(4-5-18(16)42-23)17(12-41-2)37-11-19(26(29,30)31)35-24(37)40/h4-5,10,13-14,17,19-20H,3,6-9,11-12H2,1-2H3,(H,35,40)(H,36,39). The summed E-state index contributed by atoms with van der Waals surface area (Å²) in [6.45, 7) is 1.50. The zero-order valence-corrected chi connectivity index (χ0v) is 22.8. The molecule has 11 nitrogen and oxygen atoms in total. The number of carbonyl (C=O) groups is 2. The second-order valence-electron chi connectivity index (χ2n) is 10.5. The van der Waals surface area contributed by atoms with Gasteiger partial charge in [0.1, 0.15) is 23.9 Å². The lowest BCUT2D eigenvalue weighted by Crippen LogP contribution is -2.40. The van der Waals surface area contributed by atoms with Gasteiger partial charge in [-0.2, -0.15) is 18.3 Å². The van der Waals surface area contributed by atoms with Gasteiger partial charge in [-0.15, -0.1) is 0 Å². The van der Waals surface area contributed by atoms with Crippen LogP contribution >= 0.6 is 0 Å². The van der Waals surface area contributed by atoms with Crippen LogP contribution in [-0.2, 0) is 11.3 Å². The van der Waals surface area contributed by atoms with E-state index in [4.69, 9.17) is 9.15 Å². The maximum Gasteiger partial charge on any atom is 0.410 e.